The third-order valence-electron chi connectivity index (χ3n) is 4.86. The number of likely N-dealkylation sites (tertiary alicyclic amines) is 1. The van der Waals surface area contributed by atoms with E-state index in [1.807, 2.05) is 18.2 Å². The molecule has 1 aromatic heterocycles. The van der Waals surface area contributed by atoms with E-state index in [1.54, 1.807) is 6.20 Å². The molecule has 0 aromatic carbocycles. The van der Waals surface area contributed by atoms with Crippen LogP contribution in [0.4, 0.5) is 5.82 Å². The molecule has 3 rings (SSSR count). The van der Waals surface area contributed by atoms with Crippen LogP contribution in [0.15, 0.2) is 29.4 Å². The third kappa shape index (κ3) is 3.97. The van der Waals surface area contributed by atoms with Crippen LogP contribution in [0.3, 0.4) is 0 Å². The summed E-state index contributed by atoms with van der Waals surface area (Å²) in [5, 5.41) is 3.06. The summed E-state index contributed by atoms with van der Waals surface area (Å²) in [5.74, 6) is 1.22. The van der Waals surface area contributed by atoms with Crippen molar-refractivity contribution in [2.45, 2.75) is 57.0 Å². The highest BCUT2D eigenvalue weighted by Gasteiger charge is 2.31. The van der Waals surface area contributed by atoms with Gasteiger partial charge in [-0.25, -0.2) is 4.98 Å². The van der Waals surface area contributed by atoms with Crippen LogP contribution in [0.5, 0.6) is 0 Å². The Kier molecular flexibility index (Phi) is 5.27. The largest absolute Gasteiger partial charge is 0.370 e. The summed E-state index contributed by atoms with van der Waals surface area (Å²) < 4.78 is 0. The number of aliphatic imine (C=N–C) groups is 1. The maximum absolute atomic E-state index is 5.99. The molecule has 1 aliphatic carbocycles. The molecule has 1 saturated carbocycles. The van der Waals surface area contributed by atoms with Crippen LogP contribution in [-0.2, 0) is 0 Å². The van der Waals surface area contributed by atoms with E-state index in [4.69, 9.17) is 5.73 Å². The van der Waals surface area contributed by atoms with Gasteiger partial charge in [0.2, 0.25) is 0 Å². The van der Waals surface area contributed by atoms with E-state index in [-0.39, 0.29) is 0 Å². The predicted octanol–water partition coefficient (Wildman–Crippen LogP) is 2.61. The lowest BCUT2D eigenvalue weighted by Crippen LogP contribution is -2.42. The van der Waals surface area contributed by atoms with Gasteiger partial charge in [-0.2, -0.15) is 0 Å². The summed E-state index contributed by atoms with van der Waals surface area (Å²) in [6, 6.07) is 7.06. The molecule has 0 radical (unpaired) electrons. The summed E-state index contributed by atoms with van der Waals surface area (Å²) >= 11 is 0. The lowest BCUT2D eigenvalue weighted by atomic mass is 9.94. The Balaban J connectivity index is 1.53. The number of pyridine rings is 1. The minimum Gasteiger partial charge on any atom is -0.370 e. The molecule has 1 atom stereocenters. The Morgan fingerprint density at radius 3 is 2.86 bits per heavy atom. The Labute approximate surface area is 133 Å². The molecule has 1 unspecified atom stereocenters. The zero-order valence-corrected chi connectivity index (χ0v) is 13.2. The van der Waals surface area contributed by atoms with Gasteiger partial charge in [0.15, 0.2) is 5.96 Å². The van der Waals surface area contributed by atoms with Crippen molar-refractivity contribution in [1.29, 1.82) is 0 Å². The molecule has 0 bridgehead atoms. The third-order valence-corrected chi connectivity index (χ3v) is 4.86. The quantitative estimate of drug-likeness (QED) is 0.662. The lowest BCUT2D eigenvalue weighted by molar-refractivity contribution is 0.145. The summed E-state index contributed by atoms with van der Waals surface area (Å²) in [7, 11) is 0. The van der Waals surface area contributed by atoms with Gasteiger partial charge in [-0.05, 0) is 44.4 Å². The zero-order valence-electron chi connectivity index (χ0n) is 13.2. The molecule has 2 aliphatic rings. The molecule has 0 amide bonds. The van der Waals surface area contributed by atoms with Crippen molar-refractivity contribution >= 4 is 11.8 Å². The number of hydrogen-bond donors (Lipinski definition) is 2. The Hall–Kier alpha value is -1.62. The minimum absolute atomic E-state index is 0.467. The lowest BCUT2D eigenvalue weighted by Gasteiger charge is -2.35. The van der Waals surface area contributed by atoms with Gasteiger partial charge < -0.3 is 11.1 Å². The Morgan fingerprint density at radius 2 is 2.09 bits per heavy atom. The monoisotopic (exact) mass is 301 g/mol. The fraction of sp³-hybridized carbons (Fsp3) is 0.647. The average Bonchev–Trinajstić information content (AvgIpc) is 3.03. The van der Waals surface area contributed by atoms with Crippen molar-refractivity contribution in [2.75, 3.05) is 18.4 Å². The number of hydrogen-bond acceptors (Lipinski definition) is 3. The van der Waals surface area contributed by atoms with Crippen molar-refractivity contribution in [3.05, 3.63) is 24.4 Å². The van der Waals surface area contributed by atoms with Gasteiger partial charge in [0.05, 0.1) is 6.54 Å². The van der Waals surface area contributed by atoms with Gasteiger partial charge in [0.25, 0.3) is 0 Å². The number of aromatic nitrogens is 1. The molecule has 120 valence electrons. The first kappa shape index (κ1) is 15.3. The van der Waals surface area contributed by atoms with Gasteiger partial charge in [-0.1, -0.05) is 25.3 Å². The maximum atomic E-state index is 5.99. The van der Waals surface area contributed by atoms with E-state index in [9.17, 15) is 0 Å². The summed E-state index contributed by atoms with van der Waals surface area (Å²) in [5.41, 5.74) is 5.99. The molecule has 1 aliphatic heterocycles. The van der Waals surface area contributed by atoms with E-state index in [0.717, 1.165) is 18.4 Å². The molecular weight excluding hydrogens is 274 g/mol. The van der Waals surface area contributed by atoms with Crippen molar-refractivity contribution < 1.29 is 0 Å². The summed E-state index contributed by atoms with van der Waals surface area (Å²) in [6.45, 7) is 2.03. The maximum Gasteiger partial charge on any atom is 0.194 e. The van der Waals surface area contributed by atoms with Crippen LogP contribution in [-0.4, -0.2) is 41.0 Å². The van der Waals surface area contributed by atoms with E-state index in [0.29, 0.717) is 12.0 Å². The van der Waals surface area contributed by atoms with E-state index < -0.39 is 0 Å². The van der Waals surface area contributed by atoms with Gasteiger partial charge in [-0.3, -0.25) is 9.89 Å². The van der Waals surface area contributed by atoms with Gasteiger partial charge >= 0.3 is 0 Å². The van der Waals surface area contributed by atoms with Crippen molar-refractivity contribution in [1.82, 2.24) is 9.88 Å². The zero-order chi connectivity index (χ0) is 15.2. The molecule has 5 nitrogen and oxygen atoms in total. The van der Waals surface area contributed by atoms with Crippen LogP contribution < -0.4 is 11.1 Å². The van der Waals surface area contributed by atoms with E-state index in [1.165, 1.54) is 51.5 Å². The molecule has 2 heterocycles. The number of guanidine groups is 1. The Morgan fingerprint density at radius 1 is 1.23 bits per heavy atom. The molecule has 0 spiro atoms. The highest BCUT2D eigenvalue weighted by molar-refractivity contribution is 5.91. The first-order chi connectivity index (χ1) is 10.8. The fourth-order valence-corrected chi connectivity index (χ4v) is 3.76. The first-order valence-electron chi connectivity index (χ1n) is 8.56. The van der Waals surface area contributed by atoms with Crippen LogP contribution in [0.1, 0.15) is 44.9 Å². The number of rotatable bonds is 4. The standard InChI is InChI=1S/C17H27N5/c18-17(21-16-10-4-5-11-19-16)20-13-15-9-6-12-22(15)14-7-2-1-3-8-14/h4-5,10-11,14-15H,1-3,6-9,12-13H2,(H3,18,19,20,21). The number of nitrogens with zero attached hydrogens (tertiary/aromatic N) is 3. The van der Waals surface area contributed by atoms with Gasteiger partial charge in [0, 0.05) is 18.3 Å². The second-order valence-electron chi connectivity index (χ2n) is 6.39. The molecule has 22 heavy (non-hydrogen) atoms. The molecule has 5 heteroatoms. The molecule has 2 fully saturated rings. The topological polar surface area (TPSA) is 66.5 Å². The SMILES string of the molecule is NC(=NCC1CCCN1C1CCCCC1)Nc1ccccn1. The van der Waals surface area contributed by atoms with Crippen LogP contribution in [0.25, 0.3) is 0 Å². The first-order valence-corrected chi connectivity index (χ1v) is 8.56. The number of anilines is 1. The number of nitrogens with two attached hydrogens (primary N) is 1. The van der Waals surface area contributed by atoms with E-state index in [2.05, 4.69) is 20.2 Å². The van der Waals surface area contributed by atoms with Gasteiger partial charge in [-0.15, -0.1) is 0 Å². The van der Waals surface area contributed by atoms with Crippen LogP contribution >= 0.6 is 0 Å². The molecule has 3 N–H and O–H groups in total. The molecular formula is C17H27N5. The van der Waals surface area contributed by atoms with Crippen molar-refractivity contribution in [3.63, 3.8) is 0 Å². The predicted molar refractivity (Wildman–Crippen MR) is 91.0 cm³/mol. The highest BCUT2D eigenvalue weighted by atomic mass is 15.2. The van der Waals surface area contributed by atoms with E-state index >= 15 is 0 Å². The van der Waals surface area contributed by atoms with Crippen LogP contribution in [0, 0.1) is 0 Å². The summed E-state index contributed by atoms with van der Waals surface area (Å²) in [6.07, 6.45) is 11.2. The van der Waals surface area contributed by atoms with Crippen molar-refractivity contribution in [2.24, 2.45) is 10.7 Å². The van der Waals surface area contributed by atoms with Crippen LogP contribution in [0.2, 0.25) is 0 Å². The van der Waals surface area contributed by atoms with Crippen molar-refractivity contribution in [3.8, 4) is 0 Å². The number of nitrogens with one attached hydrogen (secondary N) is 1. The normalized spacial score (nSPS) is 24.5. The average molecular weight is 301 g/mol. The highest BCUT2D eigenvalue weighted by Crippen LogP contribution is 2.29. The molecule has 1 aromatic rings. The minimum atomic E-state index is 0.467. The van der Waals surface area contributed by atoms with Gasteiger partial charge in [0.1, 0.15) is 5.82 Å². The second-order valence-corrected chi connectivity index (χ2v) is 6.39. The fourth-order valence-electron chi connectivity index (χ4n) is 3.76. The summed E-state index contributed by atoms with van der Waals surface area (Å²) in [4.78, 5) is 11.4. The second kappa shape index (κ2) is 7.58. The smallest absolute Gasteiger partial charge is 0.194 e. The Bertz CT molecular complexity index is 481. The molecule has 1 saturated heterocycles.